The van der Waals surface area contributed by atoms with Gasteiger partial charge in [0.05, 0.1) is 7.11 Å². The Kier molecular flexibility index (Phi) is 4.26. The zero-order chi connectivity index (χ0) is 14.7. The van der Waals surface area contributed by atoms with Crippen LogP contribution in [0, 0.1) is 6.92 Å². The largest absolute Gasteiger partial charge is 0.496 e. The van der Waals surface area contributed by atoms with Gasteiger partial charge in [-0.1, -0.05) is 48.0 Å². The van der Waals surface area contributed by atoms with Crippen molar-refractivity contribution in [2.45, 2.75) is 38.9 Å². The second-order valence-corrected chi connectivity index (χ2v) is 5.94. The van der Waals surface area contributed by atoms with Crippen LogP contribution < -0.4 is 4.74 Å². The fourth-order valence-corrected chi connectivity index (χ4v) is 2.85. The SMILES string of the molecule is COc1ccccc1CN(Cc1cccc(C)c1)C1CC1. The van der Waals surface area contributed by atoms with Gasteiger partial charge in [-0.05, 0) is 31.4 Å². The van der Waals surface area contributed by atoms with Crippen LogP contribution in [-0.4, -0.2) is 18.1 Å². The second kappa shape index (κ2) is 6.31. The van der Waals surface area contributed by atoms with E-state index in [9.17, 15) is 0 Å². The first-order valence-electron chi connectivity index (χ1n) is 7.68. The number of para-hydroxylation sites is 1. The van der Waals surface area contributed by atoms with Crippen molar-refractivity contribution in [1.82, 2.24) is 4.90 Å². The summed E-state index contributed by atoms with van der Waals surface area (Å²) in [5.41, 5.74) is 4.01. The molecule has 0 bridgehead atoms. The van der Waals surface area contributed by atoms with Crippen molar-refractivity contribution in [3.05, 3.63) is 65.2 Å². The Morgan fingerprint density at radius 1 is 1.05 bits per heavy atom. The third kappa shape index (κ3) is 3.64. The van der Waals surface area contributed by atoms with Gasteiger partial charge in [0.1, 0.15) is 5.75 Å². The number of ether oxygens (including phenoxy) is 1. The summed E-state index contributed by atoms with van der Waals surface area (Å²) in [4.78, 5) is 2.58. The molecule has 1 saturated carbocycles. The van der Waals surface area contributed by atoms with Crippen molar-refractivity contribution >= 4 is 0 Å². The van der Waals surface area contributed by atoms with Gasteiger partial charge in [-0.3, -0.25) is 4.90 Å². The van der Waals surface area contributed by atoms with Crippen molar-refractivity contribution in [2.24, 2.45) is 0 Å². The molecule has 2 aromatic carbocycles. The molecule has 3 rings (SSSR count). The van der Waals surface area contributed by atoms with Crippen LogP contribution in [0.2, 0.25) is 0 Å². The monoisotopic (exact) mass is 281 g/mol. The van der Waals surface area contributed by atoms with Gasteiger partial charge in [-0.15, -0.1) is 0 Å². The quantitative estimate of drug-likeness (QED) is 0.788. The zero-order valence-corrected chi connectivity index (χ0v) is 12.9. The fraction of sp³-hybridized carbons (Fsp3) is 0.368. The predicted molar refractivity (Wildman–Crippen MR) is 86.4 cm³/mol. The molecule has 0 saturated heterocycles. The van der Waals surface area contributed by atoms with Crippen LogP contribution in [0.4, 0.5) is 0 Å². The number of aryl methyl sites for hydroxylation is 1. The van der Waals surface area contributed by atoms with E-state index in [1.165, 1.54) is 29.5 Å². The molecule has 0 amide bonds. The Balaban J connectivity index is 1.76. The van der Waals surface area contributed by atoms with Gasteiger partial charge in [0.15, 0.2) is 0 Å². The topological polar surface area (TPSA) is 12.5 Å². The van der Waals surface area contributed by atoms with E-state index < -0.39 is 0 Å². The van der Waals surface area contributed by atoms with Crippen molar-refractivity contribution in [2.75, 3.05) is 7.11 Å². The third-order valence-electron chi connectivity index (χ3n) is 4.10. The van der Waals surface area contributed by atoms with Crippen LogP contribution in [0.25, 0.3) is 0 Å². The molecule has 2 aromatic rings. The molecule has 0 N–H and O–H groups in total. The lowest BCUT2D eigenvalue weighted by Gasteiger charge is -2.23. The molecule has 0 unspecified atom stereocenters. The van der Waals surface area contributed by atoms with Gasteiger partial charge in [-0.25, -0.2) is 0 Å². The molecule has 21 heavy (non-hydrogen) atoms. The van der Waals surface area contributed by atoms with E-state index >= 15 is 0 Å². The van der Waals surface area contributed by atoms with Crippen LogP contribution in [0.1, 0.15) is 29.5 Å². The molecule has 1 fully saturated rings. The summed E-state index contributed by atoms with van der Waals surface area (Å²) in [7, 11) is 1.75. The normalized spacial score (nSPS) is 14.4. The van der Waals surface area contributed by atoms with Crippen molar-refractivity contribution in [3.63, 3.8) is 0 Å². The molecular formula is C19H23NO. The average molecular weight is 281 g/mol. The molecule has 1 aliphatic rings. The smallest absolute Gasteiger partial charge is 0.123 e. The molecule has 110 valence electrons. The zero-order valence-electron chi connectivity index (χ0n) is 12.9. The van der Waals surface area contributed by atoms with Gasteiger partial charge in [-0.2, -0.15) is 0 Å². The minimum atomic E-state index is 0.732. The predicted octanol–water partition coefficient (Wildman–Crippen LogP) is 4.17. The lowest BCUT2D eigenvalue weighted by molar-refractivity contribution is 0.242. The molecule has 0 atom stereocenters. The van der Waals surface area contributed by atoms with E-state index in [1.807, 2.05) is 12.1 Å². The van der Waals surface area contributed by atoms with Crippen molar-refractivity contribution in [3.8, 4) is 5.75 Å². The highest BCUT2D eigenvalue weighted by atomic mass is 16.5. The minimum absolute atomic E-state index is 0.732. The maximum absolute atomic E-state index is 5.49. The molecular weight excluding hydrogens is 258 g/mol. The highest BCUT2D eigenvalue weighted by molar-refractivity contribution is 5.33. The minimum Gasteiger partial charge on any atom is -0.496 e. The molecule has 0 heterocycles. The van der Waals surface area contributed by atoms with Crippen molar-refractivity contribution in [1.29, 1.82) is 0 Å². The lowest BCUT2D eigenvalue weighted by Crippen LogP contribution is -2.25. The molecule has 0 spiro atoms. The molecule has 2 nitrogen and oxygen atoms in total. The Morgan fingerprint density at radius 3 is 2.57 bits per heavy atom. The number of hydrogen-bond acceptors (Lipinski definition) is 2. The van der Waals surface area contributed by atoms with Gasteiger partial charge < -0.3 is 4.74 Å². The third-order valence-corrected chi connectivity index (χ3v) is 4.10. The first kappa shape index (κ1) is 14.2. The van der Waals surface area contributed by atoms with Crippen molar-refractivity contribution < 1.29 is 4.74 Å². The Hall–Kier alpha value is -1.80. The highest BCUT2D eigenvalue weighted by Gasteiger charge is 2.29. The summed E-state index contributed by atoms with van der Waals surface area (Å²) in [6.45, 7) is 4.14. The number of hydrogen-bond donors (Lipinski definition) is 0. The number of methoxy groups -OCH3 is 1. The first-order chi connectivity index (χ1) is 10.3. The van der Waals surface area contributed by atoms with E-state index in [0.717, 1.165) is 24.9 Å². The number of benzene rings is 2. The van der Waals surface area contributed by atoms with Gasteiger partial charge in [0, 0.05) is 24.7 Å². The molecule has 1 aliphatic carbocycles. The molecule has 0 aliphatic heterocycles. The average Bonchev–Trinajstić information content (AvgIpc) is 3.32. The summed E-state index contributed by atoms with van der Waals surface area (Å²) in [6, 6.07) is 17.9. The second-order valence-electron chi connectivity index (χ2n) is 5.94. The first-order valence-corrected chi connectivity index (χ1v) is 7.68. The molecule has 2 heteroatoms. The Morgan fingerprint density at radius 2 is 1.86 bits per heavy atom. The van der Waals surface area contributed by atoms with E-state index in [4.69, 9.17) is 4.74 Å². The standard InChI is InChI=1S/C19H23NO/c1-15-6-5-7-16(12-15)13-20(18-10-11-18)14-17-8-3-4-9-19(17)21-2/h3-9,12,18H,10-11,13-14H2,1-2H3. The van der Waals surface area contributed by atoms with Crippen LogP contribution in [-0.2, 0) is 13.1 Å². The number of rotatable bonds is 6. The van der Waals surface area contributed by atoms with E-state index in [0.29, 0.717) is 0 Å². The van der Waals surface area contributed by atoms with E-state index in [2.05, 4.69) is 48.2 Å². The summed E-state index contributed by atoms with van der Waals surface area (Å²) in [5.74, 6) is 0.993. The molecule has 0 radical (unpaired) electrons. The maximum Gasteiger partial charge on any atom is 0.123 e. The Labute approximate surface area is 127 Å². The maximum atomic E-state index is 5.49. The summed E-state index contributed by atoms with van der Waals surface area (Å²) >= 11 is 0. The lowest BCUT2D eigenvalue weighted by atomic mass is 10.1. The summed E-state index contributed by atoms with van der Waals surface area (Å²) in [6.07, 6.45) is 2.64. The highest BCUT2D eigenvalue weighted by Crippen LogP contribution is 2.31. The fourth-order valence-electron chi connectivity index (χ4n) is 2.85. The van der Waals surface area contributed by atoms with Gasteiger partial charge in [0.2, 0.25) is 0 Å². The van der Waals surface area contributed by atoms with Crippen LogP contribution in [0.3, 0.4) is 0 Å². The van der Waals surface area contributed by atoms with E-state index in [1.54, 1.807) is 7.11 Å². The summed E-state index contributed by atoms with van der Waals surface area (Å²) < 4.78 is 5.49. The van der Waals surface area contributed by atoms with Gasteiger partial charge >= 0.3 is 0 Å². The van der Waals surface area contributed by atoms with Crippen LogP contribution in [0.5, 0.6) is 5.75 Å². The van der Waals surface area contributed by atoms with Crippen LogP contribution in [0.15, 0.2) is 48.5 Å². The van der Waals surface area contributed by atoms with Crippen LogP contribution >= 0.6 is 0 Å². The van der Waals surface area contributed by atoms with Gasteiger partial charge in [0.25, 0.3) is 0 Å². The number of nitrogens with zero attached hydrogens (tertiary/aromatic N) is 1. The summed E-state index contributed by atoms with van der Waals surface area (Å²) in [5, 5.41) is 0. The Bertz CT molecular complexity index is 604. The molecule has 0 aromatic heterocycles. The van der Waals surface area contributed by atoms with E-state index in [-0.39, 0.29) is 0 Å².